The van der Waals surface area contributed by atoms with Gasteiger partial charge in [-0.1, -0.05) is 0 Å². The highest BCUT2D eigenvalue weighted by molar-refractivity contribution is 5.78. The summed E-state index contributed by atoms with van der Waals surface area (Å²) in [4.78, 5) is 16.3. The van der Waals surface area contributed by atoms with Gasteiger partial charge in [-0.2, -0.15) is 0 Å². The zero-order valence-corrected chi connectivity index (χ0v) is 10.6. The molecule has 0 aromatic carbocycles. The number of rotatable bonds is 5. The van der Waals surface area contributed by atoms with E-state index in [9.17, 15) is 4.79 Å². The first-order chi connectivity index (χ1) is 8.34. The second-order valence-corrected chi connectivity index (χ2v) is 4.92. The normalized spacial score (nSPS) is 22.8. The molecule has 0 saturated carbocycles. The van der Waals surface area contributed by atoms with E-state index in [2.05, 4.69) is 20.4 Å². The van der Waals surface area contributed by atoms with E-state index in [1.54, 1.807) is 0 Å². The van der Waals surface area contributed by atoms with E-state index in [-0.39, 0.29) is 5.91 Å². The molecule has 2 fully saturated rings. The van der Waals surface area contributed by atoms with Crippen LogP contribution >= 0.6 is 0 Å². The fraction of sp³-hybridized carbons (Fsp3) is 0.917. The number of amides is 1. The van der Waals surface area contributed by atoms with Crippen LogP contribution in [0.25, 0.3) is 0 Å². The highest BCUT2D eigenvalue weighted by Gasteiger charge is 2.14. The van der Waals surface area contributed by atoms with Crippen LogP contribution in [0.1, 0.15) is 12.8 Å². The van der Waals surface area contributed by atoms with E-state index in [0.29, 0.717) is 6.54 Å². The molecule has 2 heterocycles. The zero-order valence-electron chi connectivity index (χ0n) is 10.6. The van der Waals surface area contributed by atoms with Crippen molar-refractivity contribution in [3.63, 3.8) is 0 Å². The van der Waals surface area contributed by atoms with Crippen molar-refractivity contribution in [2.75, 3.05) is 58.9 Å². The zero-order chi connectivity index (χ0) is 11.9. The van der Waals surface area contributed by atoms with Crippen LogP contribution in [0.2, 0.25) is 0 Å². The number of nitrogens with one attached hydrogen (secondary N) is 2. The van der Waals surface area contributed by atoms with Crippen LogP contribution in [-0.2, 0) is 4.79 Å². The van der Waals surface area contributed by atoms with Gasteiger partial charge in [0.2, 0.25) is 5.91 Å². The largest absolute Gasteiger partial charge is 0.354 e. The number of hydrogen-bond donors (Lipinski definition) is 2. The molecular formula is C12H24N4O. The molecule has 5 nitrogen and oxygen atoms in total. The second-order valence-electron chi connectivity index (χ2n) is 4.92. The molecule has 2 N–H and O–H groups in total. The van der Waals surface area contributed by atoms with E-state index in [0.717, 1.165) is 39.3 Å². The fourth-order valence-corrected chi connectivity index (χ4v) is 2.49. The molecule has 0 aliphatic carbocycles. The number of carbonyl (C=O) groups excluding carboxylic acids is 1. The van der Waals surface area contributed by atoms with Gasteiger partial charge in [0, 0.05) is 39.3 Å². The molecule has 2 saturated heterocycles. The number of likely N-dealkylation sites (tertiary alicyclic amines) is 1. The number of carbonyl (C=O) groups is 1. The average Bonchev–Trinajstić information content (AvgIpc) is 2.83. The molecule has 17 heavy (non-hydrogen) atoms. The standard InChI is InChI=1S/C12H24N4O/c17-12(11-16-8-3-13-4-9-16)14-5-10-15-6-1-2-7-15/h13H,1-11H2,(H,14,17). The molecular weight excluding hydrogens is 216 g/mol. The minimum atomic E-state index is 0.172. The highest BCUT2D eigenvalue weighted by atomic mass is 16.2. The maximum atomic E-state index is 11.7. The Morgan fingerprint density at radius 2 is 1.76 bits per heavy atom. The van der Waals surface area contributed by atoms with Crippen LogP contribution in [0.3, 0.4) is 0 Å². The Bertz CT molecular complexity index is 235. The lowest BCUT2D eigenvalue weighted by Crippen LogP contribution is -2.48. The van der Waals surface area contributed by atoms with Gasteiger partial charge in [0.15, 0.2) is 0 Å². The Hall–Kier alpha value is -0.650. The SMILES string of the molecule is O=C(CN1CCNCC1)NCCN1CCCC1. The highest BCUT2D eigenvalue weighted by Crippen LogP contribution is 2.05. The van der Waals surface area contributed by atoms with Crippen molar-refractivity contribution >= 4 is 5.91 Å². The minimum Gasteiger partial charge on any atom is -0.354 e. The Kier molecular flexibility index (Phi) is 5.22. The summed E-state index contributed by atoms with van der Waals surface area (Å²) >= 11 is 0. The van der Waals surface area contributed by atoms with Gasteiger partial charge in [0.25, 0.3) is 0 Å². The van der Waals surface area contributed by atoms with Crippen LogP contribution in [0.15, 0.2) is 0 Å². The van der Waals surface area contributed by atoms with Crippen LogP contribution in [0.5, 0.6) is 0 Å². The lowest BCUT2D eigenvalue weighted by molar-refractivity contribution is -0.122. The van der Waals surface area contributed by atoms with Crippen molar-refractivity contribution in [1.29, 1.82) is 0 Å². The molecule has 0 unspecified atom stereocenters. The summed E-state index contributed by atoms with van der Waals surface area (Å²) in [5, 5.41) is 6.30. The van der Waals surface area contributed by atoms with Crippen LogP contribution in [-0.4, -0.2) is 74.6 Å². The Labute approximate surface area is 104 Å². The van der Waals surface area contributed by atoms with Gasteiger partial charge in [0.05, 0.1) is 6.54 Å². The van der Waals surface area contributed by atoms with Gasteiger partial charge in [-0.3, -0.25) is 9.69 Å². The van der Waals surface area contributed by atoms with Crippen LogP contribution < -0.4 is 10.6 Å². The predicted octanol–water partition coefficient (Wildman–Crippen LogP) is -0.896. The van der Waals surface area contributed by atoms with E-state index >= 15 is 0 Å². The molecule has 2 aliphatic rings. The second kappa shape index (κ2) is 6.93. The van der Waals surface area contributed by atoms with Crippen molar-refractivity contribution in [2.24, 2.45) is 0 Å². The van der Waals surface area contributed by atoms with Crippen molar-refractivity contribution in [1.82, 2.24) is 20.4 Å². The summed E-state index contributed by atoms with van der Waals surface area (Å²) in [5.41, 5.74) is 0. The maximum absolute atomic E-state index is 11.7. The molecule has 0 aromatic heterocycles. The molecule has 0 aromatic rings. The average molecular weight is 240 g/mol. The molecule has 0 bridgehead atoms. The predicted molar refractivity (Wildman–Crippen MR) is 68.0 cm³/mol. The Balaban J connectivity index is 1.53. The van der Waals surface area contributed by atoms with E-state index < -0.39 is 0 Å². The quantitative estimate of drug-likeness (QED) is 0.654. The molecule has 98 valence electrons. The van der Waals surface area contributed by atoms with Gasteiger partial charge in [0.1, 0.15) is 0 Å². The third-order valence-corrected chi connectivity index (χ3v) is 3.53. The first kappa shape index (κ1) is 12.8. The molecule has 0 spiro atoms. The van der Waals surface area contributed by atoms with Gasteiger partial charge in [-0.25, -0.2) is 0 Å². The first-order valence-electron chi connectivity index (χ1n) is 6.77. The molecule has 0 radical (unpaired) electrons. The summed E-state index contributed by atoms with van der Waals surface area (Å²) in [6.45, 7) is 8.74. The van der Waals surface area contributed by atoms with Crippen molar-refractivity contribution in [3.05, 3.63) is 0 Å². The summed E-state index contributed by atoms with van der Waals surface area (Å²) < 4.78 is 0. The molecule has 5 heteroatoms. The monoisotopic (exact) mass is 240 g/mol. The molecule has 1 amide bonds. The number of piperazine rings is 1. The van der Waals surface area contributed by atoms with Gasteiger partial charge in [-0.15, -0.1) is 0 Å². The fourth-order valence-electron chi connectivity index (χ4n) is 2.49. The van der Waals surface area contributed by atoms with Gasteiger partial charge < -0.3 is 15.5 Å². The maximum Gasteiger partial charge on any atom is 0.234 e. The Morgan fingerprint density at radius 1 is 1.06 bits per heavy atom. The topological polar surface area (TPSA) is 47.6 Å². The smallest absolute Gasteiger partial charge is 0.234 e. The van der Waals surface area contributed by atoms with Crippen molar-refractivity contribution < 1.29 is 4.79 Å². The van der Waals surface area contributed by atoms with Crippen molar-refractivity contribution in [3.8, 4) is 0 Å². The molecule has 2 rings (SSSR count). The third kappa shape index (κ3) is 4.61. The lowest BCUT2D eigenvalue weighted by atomic mass is 10.3. The number of nitrogens with zero attached hydrogens (tertiary/aromatic N) is 2. The summed E-state index contributed by atoms with van der Waals surface area (Å²) in [5.74, 6) is 0.172. The van der Waals surface area contributed by atoms with E-state index in [1.165, 1.54) is 25.9 Å². The van der Waals surface area contributed by atoms with Gasteiger partial charge in [-0.05, 0) is 25.9 Å². The summed E-state index contributed by atoms with van der Waals surface area (Å²) in [6, 6.07) is 0. The lowest BCUT2D eigenvalue weighted by Gasteiger charge is -2.26. The van der Waals surface area contributed by atoms with E-state index in [4.69, 9.17) is 0 Å². The molecule has 2 aliphatic heterocycles. The van der Waals surface area contributed by atoms with Crippen molar-refractivity contribution in [2.45, 2.75) is 12.8 Å². The Morgan fingerprint density at radius 3 is 2.47 bits per heavy atom. The summed E-state index contributed by atoms with van der Waals surface area (Å²) in [6.07, 6.45) is 2.63. The van der Waals surface area contributed by atoms with Gasteiger partial charge >= 0.3 is 0 Å². The first-order valence-corrected chi connectivity index (χ1v) is 6.77. The third-order valence-electron chi connectivity index (χ3n) is 3.53. The van der Waals surface area contributed by atoms with Crippen LogP contribution in [0.4, 0.5) is 0 Å². The van der Waals surface area contributed by atoms with E-state index in [1.807, 2.05) is 0 Å². The molecule has 0 atom stereocenters. The minimum absolute atomic E-state index is 0.172. The summed E-state index contributed by atoms with van der Waals surface area (Å²) in [7, 11) is 0. The number of hydrogen-bond acceptors (Lipinski definition) is 4. The van der Waals surface area contributed by atoms with Crippen LogP contribution in [0, 0.1) is 0 Å².